The second-order valence-electron chi connectivity index (χ2n) is 6.71. The van der Waals surface area contributed by atoms with Gasteiger partial charge in [0.2, 0.25) is 10.0 Å². The van der Waals surface area contributed by atoms with Crippen molar-refractivity contribution >= 4 is 60.6 Å². The predicted molar refractivity (Wildman–Crippen MR) is 111 cm³/mol. The third-order valence-corrected chi connectivity index (χ3v) is 8.26. The van der Waals surface area contributed by atoms with E-state index in [-0.39, 0.29) is 0 Å². The van der Waals surface area contributed by atoms with Gasteiger partial charge < -0.3 is 10.6 Å². The molecular weight excluding hydrogens is 454 g/mol. The van der Waals surface area contributed by atoms with Crippen LogP contribution in [0.1, 0.15) is 31.2 Å². The fraction of sp³-hybridized carbons (Fsp3) is 0.278. The summed E-state index contributed by atoms with van der Waals surface area (Å²) in [5.41, 5.74) is 1.92. The summed E-state index contributed by atoms with van der Waals surface area (Å²) in [4.78, 5) is 12.4. The highest BCUT2D eigenvalue weighted by Crippen LogP contribution is 2.56. The molecule has 0 unspecified atom stereocenters. The molecule has 0 saturated heterocycles. The number of hydrogen-bond acceptors (Lipinski definition) is 3. The minimum absolute atomic E-state index is 0.367. The van der Waals surface area contributed by atoms with E-state index >= 15 is 0 Å². The van der Waals surface area contributed by atoms with Crippen molar-refractivity contribution in [2.75, 3.05) is 15.4 Å². The van der Waals surface area contributed by atoms with Crippen LogP contribution >= 0.6 is 27.5 Å². The fourth-order valence-electron chi connectivity index (χ4n) is 3.90. The van der Waals surface area contributed by atoms with Crippen LogP contribution in [0.4, 0.5) is 21.9 Å². The highest BCUT2D eigenvalue weighted by Gasteiger charge is 2.55. The maximum absolute atomic E-state index is 12.9. The van der Waals surface area contributed by atoms with Crippen LogP contribution in [0.2, 0.25) is 5.02 Å². The highest BCUT2D eigenvalue weighted by molar-refractivity contribution is 9.10. The van der Waals surface area contributed by atoms with Gasteiger partial charge in [-0.15, -0.1) is 0 Å². The Balaban J connectivity index is 1.68. The monoisotopic (exact) mass is 469 g/mol. The summed E-state index contributed by atoms with van der Waals surface area (Å²) < 4.78 is 28.1. The number of carbonyl (C=O) groups excluding carboxylic acids is 1. The molecule has 1 fully saturated rings. The van der Waals surface area contributed by atoms with Gasteiger partial charge in [0.1, 0.15) is 4.75 Å². The molecule has 2 aromatic rings. The van der Waals surface area contributed by atoms with Gasteiger partial charge in [-0.25, -0.2) is 13.2 Å². The Kier molecular flexibility index (Phi) is 4.60. The Bertz CT molecular complexity index is 1040. The Morgan fingerprint density at radius 2 is 1.74 bits per heavy atom. The normalized spacial score (nSPS) is 18.7. The molecule has 27 heavy (non-hydrogen) atoms. The SMILES string of the molecule is O=C(Nc1ccccc1Br)Nc1ccc(Cl)c2c1NS(=O)(=O)C21CCCC1. The first kappa shape index (κ1) is 18.6. The van der Waals surface area contributed by atoms with Gasteiger partial charge in [-0.1, -0.05) is 36.6 Å². The number of fused-ring (bicyclic) bond motifs is 2. The van der Waals surface area contributed by atoms with E-state index in [0.717, 1.165) is 17.3 Å². The molecule has 4 rings (SSSR count). The Labute approximate surface area is 170 Å². The van der Waals surface area contributed by atoms with Gasteiger partial charge in [0.05, 0.1) is 17.1 Å². The molecule has 2 aromatic carbocycles. The molecule has 1 spiro atoms. The first-order valence-electron chi connectivity index (χ1n) is 8.52. The number of amides is 2. The summed E-state index contributed by atoms with van der Waals surface area (Å²) in [5, 5.41) is 5.87. The lowest BCUT2D eigenvalue weighted by atomic mass is 9.94. The standard InChI is InChI=1S/C18H17BrClN3O3S/c19-11-5-1-2-6-13(11)21-17(24)22-14-8-7-12(20)15-16(14)23-27(25,26)18(15)9-3-4-10-18/h1-2,5-8,23H,3-4,9-10H2,(H2,21,22,24). The average molecular weight is 471 g/mol. The molecule has 1 heterocycles. The fourth-order valence-corrected chi connectivity index (χ4v) is 6.66. The molecule has 3 N–H and O–H groups in total. The van der Waals surface area contributed by atoms with Crippen LogP contribution in [0.5, 0.6) is 0 Å². The average Bonchev–Trinajstić information content (AvgIpc) is 3.18. The lowest BCUT2D eigenvalue weighted by Crippen LogP contribution is -2.31. The number of anilines is 3. The van der Waals surface area contributed by atoms with Crippen molar-refractivity contribution in [1.29, 1.82) is 0 Å². The first-order chi connectivity index (χ1) is 12.8. The van der Waals surface area contributed by atoms with E-state index in [1.807, 2.05) is 12.1 Å². The Morgan fingerprint density at radius 3 is 2.44 bits per heavy atom. The quantitative estimate of drug-likeness (QED) is 0.558. The van der Waals surface area contributed by atoms with Crippen molar-refractivity contribution in [3.05, 3.63) is 51.5 Å². The molecule has 0 aromatic heterocycles. The number of urea groups is 1. The molecule has 1 aliphatic heterocycles. The summed E-state index contributed by atoms with van der Waals surface area (Å²) in [6.07, 6.45) is 2.72. The number of benzene rings is 2. The van der Waals surface area contributed by atoms with Gasteiger partial charge in [-0.2, -0.15) is 0 Å². The molecule has 6 nitrogen and oxygen atoms in total. The number of sulfonamides is 1. The summed E-state index contributed by atoms with van der Waals surface area (Å²) in [7, 11) is -3.61. The van der Waals surface area contributed by atoms with Gasteiger partial charge in [0, 0.05) is 15.1 Å². The summed E-state index contributed by atoms with van der Waals surface area (Å²) in [6, 6.07) is 9.99. The third kappa shape index (κ3) is 2.99. The van der Waals surface area contributed by atoms with E-state index in [9.17, 15) is 13.2 Å². The molecule has 1 aliphatic carbocycles. The van der Waals surface area contributed by atoms with Gasteiger partial charge in [-0.3, -0.25) is 4.72 Å². The predicted octanol–water partition coefficient (Wildman–Crippen LogP) is 5.27. The largest absolute Gasteiger partial charge is 0.323 e. The van der Waals surface area contributed by atoms with Gasteiger partial charge in [0.15, 0.2) is 0 Å². The van der Waals surface area contributed by atoms with Crippen LogP contribution in [0.25, 0.3) is 0 Å². The van der Waals surface area contributed by atoms with E-state index in [4.69, 9.17) is 11.6 Å². The molecular formula is C18H17BrClN3O3S. The maximum atomic E-state index is 12.9. The number of rotatable bonds is 2. The van der Waals surface area contributed by atoms with Gasteiger partial charge in [-0.05, 0) is 53.0 Å². The summed E-state index contributed by atoms with van der Waals surface area (Å²) in [5.74, 6) is 0. The summed E-state index contributed by atoms with van der Waals surface area (Å²) >= 11 is 9.76. The molecule has 1 saturated carbocycles. The molecule has 2 aliphatic rings. The molecule has 142 valence electrons. The number of carbonyl (C=O) groups is 1. The molecule has 0 bridgehead atoms. The number of halogens is 2. The minimum Gasteiger partial charge on any atom is -0.307 e. The minimum atomic E-state index is -3.61. The van der Waals surface area contributed by atoms with Crippen molar-refractivity contribution in [2.24, 2.45) is 0 Å². The van der Waals surface area contributed by atoms with Gasteiger partial charge >= 0.3 is 6.03 Å². The van der Waals surface area contributed by atoms with E-state index < -0.39 is 20.8 Å². The zero-order chi connectivity index (χ0) is 19.2. The van der Waals surface area contributed by atoms with E-state index in [0.29, 0.717) is 40.5 Å². The zero-order valence-electron chi connectivity index (χ0n) is 14.2. The van der Waals surface area contributed by atoms with Crippen molar-refractivity contribution in [1.82, 2.24) is 0 Å². The van der Waals surface area contributed by atoms with Crippen molar-refractivity contribution in [3.63, 3.8) is 0 Å². The number of nitrogens with one attached hydrogen (secondary N) is 3. The smallest absolute Gasteiger partial charge is 0.307 e. The molecule has 9 heteroatoms. The summed E-state index contributed by atoms with van der Waals surface area (Å²) in [6.45, 7) is 0. The Hall–Kier alpha value is -1.77. The second kappa shape index (κ2) is 6.68. The van der Waals surface area contributed by atoms with Crippen LogP contribution in [0, 0.1) is 0 Å². The van der Waals surface area contributed by atoms with Crippen LogP contribution in [0.15, 0.2) is 40.9 Å². The van der Waals surface area contributed by atoms with Crippen LogP contribution in [-0.4, -0.2) is 14.4 Å². The molecule has 0 radical (unpaired) electrons. The second-order valence-corrected chi connectivity index (χ2v) is 9.96. The van der Waals surface area contributed by atoms with Crippen LogP contribution in [0.3, 0.4) is 0 Å². The Morgan fingerprint density at radius 1 is 1.07 bits per heavy atom. The highest BCUT2D eigenvalue weighted by atomic mass is 79.9. The van der Waals surface area contributed by atoms with Crippen molar-refractivity contribution < 1.29 is 13.2 Å². The zero-order valence-corrected chi connectivity index (χ0v) is 17.3. The third-order valence-electron chi connectivity index (χ3n) is 5.14. The molecule has 2 amide bonds. The number of para-hydroxylation sites is 1. The number of hydrogen-bond donors (Lipinski definition) is 3. The maximum Gasteiger partial charge on any atom is 0.323 e. The first-order valence-corrected chi connectivity index (χ1v) is 11.2. The van der Waals surface area contributed by atoms with E-state index in [1.54, 1.807) is 24.3 Å². The van der Waals surface area contributed by atoms with Crippen LogP contribution < -0.4 is 15.4 Å². The van der Waals surface area contributed by atoms with Crippen LogP contribution in [-0.2, 0) is 14.8 Å². The lowest BCUT2D eigenvalue weighted by Gasteiger charge is -2.22. The van der Waals surface area contributed by atoms with Crippen molar-refractivity contribution in [3.8, 4) is 0 Å². The molecule has 0 atom stereocenters. The lowest BCUT2D eigenvalue weighted by molar-refractivity contribution is 0.262. The van der Waals surface area contributed by atoms with E-state index in [2.05, 4.69) is 31.3 Å². The topological polar surface area (TPSA) is 87.3 Å². The van der Waals surface area contributed by atoms with Gasteiger partial charge in [0.25, 0.3) is 0 Å². The van der Waals surface area contributed by atoms with Crippen molar-refractivity contribution in [2.45, 2.75) is 30.4 Å². The van der Waals surface area contributed by atoms with E-state index in [1.165, 1.54) is 0 Å².